The monoisotopic (exact) mass is 357 g/mol. The van der Waals surface area contributed by atoms with E-state index in [1.165, 1.54) is 18.4 Å². The molecule has 3 N–H and O–H groups in total. The zero-order valence-electron chi connectivity index (χ0n) is 14.2. The van der Waals surface area contributed by atoms with Gasteiger partial charge in [-0.2, -0.15) is 0 Å². The standard InChI is InChI=1S/C15H23N3O5S/c1-8(2)5-10(15(21)22)18-11(19)6-16-14(20)13-9(3)17-12(24-13)7-23-4/h8,10H,5-7H2,1-4H3,(H,16,20)(H,18,19)(H,21,22)/t10-/m0/s1. The van der Waals surface area contributed by atoms with E-state index in [1.807, 2.05) is 13.8 Å². The van der Waals surface area contributed by atoms with Crippen LogP contribution >= 0.6 is 11.3 Å². The fourth-order valence-corrected chi connectivity index (χ4v) is 2.98. The minimum absolute atomic E-state index is 0.125. The maximum Gasteiger partial charge on any atom is 0.326 e. The number of nitrogens with zero attached hydrogens (tertiary/aromatic N) is 1. The quantitative estimate of drug-likeness (QED) is 0.605. The Morgan fingerprint density at radius 3 is 2.54 bits per heavy atom. The molecule has 24 heavy (non-hydrogen) atoms. The predicted molar refractivity (Wildman–Crippen MR) is 88.9 cm³/mol. The molecular weight excluding hydrogens is 334 g/mol. The molecule has 0 bridgehead atoms. The molecule has 2 amide bonds. The van der Waals surface area contributed by atoms with Gasteiger partial charge in [0, 0.05) is 7.11 Å². The molecule has 0 aliphatic heterocycles. The number of carbonyl (C=O) groups excluding carboxylic acids is 2. The van der Waals surface area contributed by atoms with Crippen molar-refractivity contribution in [2.75, 3.05) is 13.7 Å². The van der Waals surface area contributed by atoms with Crippen LogP contribution in [0.4, 0.5) is 0 Å². The maximum absolute atomic E-state index is 12.1. The van der Waals surface area contributed by atoms with Crippen LogP contribution in [0.2, 0.25) is 0 Å². The minimum Gasteiger partial charge on any atom is -0.480 e. The summed E-state index contributed by atoms with van der Waals surface area (Å²) in [5.41, 5.74) is 0.563. The first-order chi connectivity index (χ1) is 11.2. The van der Waals surface area contributed by atoms with E-state index < -0.39 is 23.8 Å². The molecule has 0 saturated carbocycles. The molecule has 8 nitrogen and oxygen atoms in total. The van der Waals surface area contributed by atoms with Gasteiger partial charge in [0.15, 0.2) is 0 Å². The molecule has 0 aliphatic carbocycles. The van der Waals surface area contributed by atoms with Crippen LogP contribution in [0.1, 0.15) is 40.6 Å². The molecule has 1 aromatic rings. The van der Waals surface area contributed by atoms with E-state index in [-0.39, 0.29) is 12.5 Å². The van der Waals surface area contributed by atoms with Crippen molar-refractivity contribution in [2.24, 2.45) is 5.92 Å². The number of carbonyl (C=O) groups is 3. The number of amides is 2. The van der Waals surface area contributed by atoms with Crippen LogP contribution in [0.5, 0.6) is 0 Å². The number of hydrogen-bond acceptors (Lipinski definition) is 6. The Kier molecular flexibility index (Phi) is 7.80. The second kappa shape index (κ2) is 9.33. The van der Waals surface area contributed by atoms with Crippen LogP contribution in [0.15, 0.2) is 0 Å². The summed E-state index contributed by atoms with van der Waals surface area (Å²) in [6.45, 7) is 5.46. The lowest BCUT2D eigenvalue weighted by Crippen LogP contribution is -2.46. The summed E-state index contributed by atoms with van der Waals surface area (Å²) < 4.78 is 4.97. The van der Waals surface area contributed by atoms with Crippen molar-refractivity contribution < 1.29 is 24.2 Å². The van der Waals surface area contributed by atoms with Crippen molar-refractivity contribution in [1.82, 2.24) is 15.6 Å². The third kappa shape index (κ3) is 6.25. The predicted octanol–water partition coefficient (Wildman–Crippen LogP) is 0.943. The van der Waals surface area contributed by atoms with Crippen molar-refractivity contribution in [3.05, 3.63) is 15.6 Å². The van der Waals surface area contributed by atoms with Crippen molar-refractivity contribution >= 4 is 29.1 Å². The summed E-state index contributed by atoms with van der Waals surface area (Å²) in [7, 11) is 1.54. The van der Waals surface area contributed by atoms with E-state index in [0.717, 1.165) is 0 Å². The van der Waals surface area contributed by atoms with E-state index >= 15 is 0 Å². The number of nitrogens with one attached hydrogen (secondary N) is 2. The average Bonchev–Trinajstić information content (AvgIpc) is 2.84. The maximum atomic E-state index is 12.1. The van der Waals surface area contributed by atoms with E-state index in [4.69, 9.17) is 9.84 Å². The van der Waals surface area contributed by atoms with Crippen LogP contribution in [-0.2, 0) is 20.9 Å². The van der Waals surface area contributed by atoms with Gasteiger partial charge in [-0.3, -0.25) is 9.59 Å². The highest BCUT2D eigenvalue weighted by Crippen LogP contribution is 2.18. The number of carboxylic acid groups (broad SMARTS) is 1. The topological polar surface area (TPSA) is 118 Å². The number of methoxy groups -OCH3 is 1. The smallest absolute Gasteiger partial charge is 0.326 e. The summed E-state index contributed by atoms with van der Waals surface area (Å²) >= 11 is 1.20. The average molecular weight is 357 g/mol. The van der Waals surface area contributed by atoms with Crippen LogP contribution in [0.3, 0.4) is 0 Å². The Hall–Kier alpha value is -2.00. The van der Waals surface area contributed by atoms with Crippen molar-refractivity contribution in [3.63, 3.8) is 0 Å². The minimum atomic E-state index is -1.09. The second-order valence-corrected chi connectivity index (χ2v) is 6.81. The van der Waals surface area contributed by atoms with Crippen LogP contribution < -0.4 is 10.6 Å². The molecule has 0 spiro atoms. The Bertz CT molecular complexity index is 600. The third-order valence-corrected chi connectivity index (χ3v) is 4.19. The Balaban J connectivity index is 2.56. The number of thiazole rings is 1. The summed E-state index contributed by atoms with van der Waals surface area (Å²) in [4.78, 5) is 39.7. The van der Waals surface area contributed by atoms with Crippen LogP contribution in [0.25, 0.3) is 0 Å². The van der Waals surface area contributed by atoms with Gasteiger partial charge in [0.2, 0.25) is 5.91 Å². The molecular formula is C15H23N3O5S. The summed E-state index contributed by atoms with van der Waals surface area (Å²) in [6, 6.07) is -0.965. The molecule has 0 aliphatic rings. The van der Waals surface area contributed by atoms with Gasteiger partial charge in [-0.1, -0.05) is 13.8 Å². The van der Waals surface area contributed by atoms with Gasteiger partial charge in [0.05, 0.1) is 18.8 Å². The largest absolute Gasteiger partial charge is 0.480 e. The second-order valence-electron chi connectivity index (χ2n) is 5.73. The molecule has 1 atom stereocenters. The molecule has 0 radical (unpaired) electrons. The number of carboxylic acids is 1. The van der Waals surface area contributed by atoms with Crippen molar-refractivity contribution in [2.45, 2.75) is 39.8 Å². The molecule has 134 valence electrons. The van der Waals surface area contributed by atoms with Crippen LogP contribution in [0, 0.1) is 12.8 Å². The normalized spacial score (nSPS) is 12.0. The summed E-state index contributed by atoms with van der Waals surface area (Å²) in [5, 5.41) is 14.7. The van der Waals surface area contributed by atoms with E-state index in [1.54, 1.807) is 6.92 Å². The van der Waals surface area contributed by atoms with Gasteiger partial charge < -0.3 is 20.5 Å². The Labute approximate surface area is 144 Å². The number of ether oxygens (including phenoxy) is 1. The van der Waals surface area contributed by atoms with Crippen molar-refractivity contribution in [3.8, 4) is 0 Å². The molecule has 0 unspecified atom stereocenters. The SMILES string of the molecule is COCc1nc(C)c(C(=O)NCC(=O)N[C@@H](CC(C)C)C(=O)O)s1. The number of aromatic nitrogens is 1. The fraction of sp³-hybridized carbons (Fsp3) is 0.600. The van der Waals surface area contributed by atoms with Crippen molar-refractivity contribution in [1.29, 1.82) is 0 Å². The van der Waals surface area contributed by atoms with Gasteiger partial charge in [-0.25, -0.2) is 9.78 Å². The first-order valence-corrected chi connectivity index (χ1v) is 8.31. The first kappa shape index (κ1) is 20.0. The fourth-order valence-electron chi connectivity index (χ4n) is 2.03. The molecule has 1 aromatic heterocycles. The number of hydrogen-bond donors (Lipinski definition) is 3. The Morgan fingerprint density at radius 2 is 2.00 bits per heavy atom. The lowest BCUT2D eigenvalue weighted by molar-refractivity contribution is -0.142. The molecule has 1 rings (SSSR count). The highest BCUT2D eigenvalue weighted by Gasteiger charge is 2.22. The first-order valence-electron chi connectivity index (χ1n) is 7.50. The van der Waals surface area contributed by atoms with Crippen LogP contribution in [-0.4, -0.2) is 47.6 Å². The summed E-state index contributed by atoms with van der Waals surface area (Å²) in [5.74, 6) is -1.93. The third-order valence-electron chi connectivity index (χ3n) is 3.06. The summed E-state index contributed by atoms with van der Waals surface area (Å²) in [6.07, 6.45) is 0.323. The molecule has 9 heteroatoms. The lowest BCUT2D eigenvalue weighted by atomic mass is 10.0. The van der Waals surface area contributed by atoms with Gasteiger partial charge >= 0.3 is 5.97 Å². The molecule has 1 heterocycles. The number of aryl methyl sites for hydroxylation is 1. The van der Waals surface area contributed by atoms with Gasteiger partial charge in [0.25, 0.3) is 5.91 Å². The zero-order valence-corrected chi connectivity index (χ0v) is 15.0. The molecule has 0 fully saturated rings. The highest BCUT2D eigenvalue weighted by molar-refractivity contribution is 7.13. The van der Waals surface area contributed by atoms with Gasteiger partial charge in [-0.15, -0.1) is 11.3 Å². The number of aliphatic carboxylic acids is 1. The van der Waals surface area contributed by atoms with E-state index in [0.29, 0.717) is 28.6 Å². The zero-order chi connectivity index (χ0) is 18.3. The molecule has 0 aromatic carbocycles. The highest BCUT2D eigenvalue weighted by atomic mass is 32.1. The molecule has 0 saturated heterocycles. The van der Waals surface area contributed by atoms with E-state index in [9.17, 15) is 14.4 Å². The van der Waals surface area contributed by atoms with Gasteiger partial charge in [0.1, 0.15) is 15.9 Å². The number of rotatable bonds is 9. The Morgan fingerprint density at radius 1 is 1.33 bits per heavy atom. The van der Waals surface area contributed by atoms with E-state index in [2.05, 4.69) is 15.6 Å². The lowest BCUT2D eigenvalue weighted by Gasteiger charge is -2.16. The van der Waals surface area contributed by atoms with Gasteiger partial charge in [-0.05, 0) is 19.3 Å².